The Hall–Kier alpha value is -3.83. The fourth-order valence-corrected chi connectivity index (χ4v) is 3.39. The van der Waals surface area contributed by atoms with Crippen molar-refractivity contribution in [3.05, 3.63) is 53.4 Å². The van der Waals surface area contributed by atoms with Gasteiger partial charge < -0.3 is 16.4 Å². The molecule has 0 unspecified atom stereocenters. The van der Waals surface area contributed by atoms with Gasteiger partial charge in [0.15, 0.2) is 5.69 Å². The maximum atomic E-state index is 13.4. The van der Waals surface area contributed by atoms with E-state index in [-0.39, 0.29) is 12.1 Å². The second-order valence-corrected chi connectivity index (χ2v) is 7.08. The maximum Gasteiger partial charge on any atom is 0.435 e. The van der Waals surface area contributed by atoms with Gasteiger partial charge in [-0.2, -0.15) is 23.4 Å². The van der Waals surface area contributed by atoms with E-state index in [9.17, 15) is 18.0 Å². The maximum absolute atomic E-state index is 13.4. The predicted molar refractivity (Wildman–Crippen MR) is 113 cm³/mol. The van der Waals surface area contributed by atoms with Crippen molar-refractivity contribution >= 4 is 17.4 Å². The first-order chi connectivity index (χ1) is 15.0. The van der Waals surface area contributed by atoms with E-state index in [2.05, 4.69) is 25.8 Å². The van der Waals surface area contributed by atoms with E-state index in [1.165, 1.54) is 24.1 Å². The molecule has 0 aliphatic rings. The molecular weight excluding hydrogens is 425 g/mol. The number of nitrogens with one attached hydrogen (secondary N) is 2. The minimum absolute atomic E-state index is 0.0767. The number of aryl methyl sites for hydroxylation is 2. The molecule has 3 rings (SSSR count). The normalized spacial score (nSPS) is 12.2. The Kier molecular flexibility index (Phi) is 6.23. The number of nitrogens with two attached hydrogens (primary N) is 1. The first-order valence-electron chi connectivity index (χ1n) is 9.56. The molecule has 12 heteroatoms. The number of anilines is 1. The van der Waals surface area contributed by atoms with Gasteiger partial charge in [0.05, 0.1) is 11.4 Å². The van der Waals surface area contributed by atoms with E-state index in [1.807, 2.05) is 0 Å². The van der Waals surface area contributed by atoms with Crippen molar-refractivity contribution in [2.45, 2.75) is 26.6 Å². The van der Waals surface area contributed by atoms with Crippen LogP contribution in [-0.4, -0.2) is 37.5 Å². The standard InChI is InChI=1S/C20H23F3N8O/c1-11-18(14-9-30(4)29-19(14)20(21,22)23)12(2)31(28-11)10-17(32)27-16-6-5-13(8-26-16)15(7-24)25-3/h5-9,25H,10,24H2,1-4H3,(H,26,27,32)/b15-7-. The quantitative estimate of drug-likeness (QED) is 0.534. The lowest BCUT2D eigenvalue weighted by atomic mass is 10.0. The van der Waals surface area contributed by atoms with Crippen LogP contribution >= 0.6 is 0 Å². The van der Waals surface area contributed by atoms with E-state index in [1.54, 1.807) is 39.2 Å². The highest BCUT2D eigenvalue weighted by Gasteiger charge is 2.38. The van der Waals surface area contributed by atoms with E-state index >= 15 is 0 Å². The van der Waals surface area contributed by atoms with Gasteiger partial charge in [0.1, 0.15) is 12.4 Å². The van der Waals surface area contributed by atoms with Crippen molar-refractivity contribution in [3.63, 3.8) is 0 Å². The lowest BCUT2D eigenvalue weighted by Gasteiger charge is -2.09. The van der Waals surface area contributed by atoms with Gasteiger partial charge in [-0.3, -0.25) is 14.2 Å². The highest BCUT2D eigenvalue weighted by molar-refractivity contribution is 5.89. The minimum atomic E-state index is -4.61. The van der Waals surface area contributed by atoms with E-state index in [0.29, 0.717) is 28.5 Å². The fraction of sp³-hybridized carbons (Fsp3) is 0.300. The van der Waals surface area contributed by atoms with Crippen molar-refractivity contribution in [3.8, 4) is 11.1 Å². The van der Waals surface area contributed by atoms with Crippen molar-refractivity contribution < 1.29 is 18.0 Å². The summed E-state index contributed by atoms with van der Waals surface area (Å²) in [4.78, 5) is 16.7. The number of amides is 1. The molecule has 0 saturated carbocycles. The van der Waals surface area contributed by atoms with Crippen LogP contribution < -0.4 is 16.4 Å². The molecule has 0 radical (unpaired) electrons. The number of carbonyl (C=O) groups is 1. The smallest absolute Gasteiger partial charge is 0.403 e. The molecule has 3 aromatic rings. The highest BCUT2D eigenvalue weighted by Crippen LogP contribution is 2.38. The molecule has 0 aliphatic carbocycles. The van der Waals surface area contributed by atoms with E-state index in [0.717, 1.165) is 10.2 Å². The number of carbonyl (C=O) groups excluding carboxylic acids is 1. The molecule has 0 aromatic carbocycles. The van der Waals surface area contributed by atoms with Crippen molar-refractivity contribution in [2.75, 3.05) is 12.4 Å². The summed E-state index contributed by atoms with van der Waals surface area (Å²) in [6.07, 6.45) is -0.362. The lowest BCUT2D eigenvalue weighted by Crippen LogP contribution is -2.21. The first kappa shape index (κ1) is 22.8. The Balaban J connectivity index is 1.81. The summed E-state index contributed by atoms with van der Waals surface area (Å²) in [5.41, 5.74) is 6.97. The summed E-state index contributed by atoms with van der Waals surface area (Å²) < 4.78 is 42.7. The van der Waals surface area contributed by atoms with Crippen molar-refractivity contribution in [1.29, 1.82) is 0 Å². The van der Waals surface area contributed by atoms with E-state index < -0.39 is 17.8 Å². The summed E-state index contributed by atoms with van der Waals surface area (Å²) in [5.74, 6) is -0.104. The second kappa shape index (κ2) is 8.73. The average molecular weight is 448 g/mol. The number of rotatable bonds is 6. The Morgan fingerprint density at radius 3 is 2.53 bits per heavy atom. The molecule has 0 atom stereocenters. The van der Waals surface area contributed by atoms with Gasteiger partial charge >= 0.3 is 6.18 Å². The summed E-state index contributed by atoms with van der Waals surface area (Å²) in [6, 6.07) is 3.35. The van der Waals surface area contributed by atoms with Crippen LogP contribution in [0.3, 0.4) is 0 Å². The second-order valence-electron chi connectivity index (χ2n) is 7.08. The SMILES string of the molecule is CN/C(=C\N)c1ccc(NC(=O)Cn2nc(C)c(-c3cn(C)nc3C(F)(F)F)c2C)nc1. The largest absolute Gasteiger partial charge is 0.435 e. The monoisotopic (exact) mass is 448 g/mol. The van der Waals surface area contributed by atoms with Gasteiger partial charge in [-0.1, -0.05) is 0 Å². The van der Waals surface area contributed by atoms with Crippen LogP contribution in [0.15, 0.2) is 30.7 Å². The molecule has 3 heterocycles. The fourth-order valence-electron chi connectivity index (χ4n) is 3.39. The number of halogens is 3. The number of nitrogens with zero attached hydrogens (tertiary/aromatic N) is 5. The highest BCUT2D eigenvalue weighted by atomic mass is 19.4. The predicted octanol–water partition coefficient (Wildman–Crippen LogP) is 2.43. The number of hydrogen-bond acceptors (Lipinski definition) is 6. The van der Waals surface area contributed by atoms with Crippen molar-refractivity contribution in [1.82, 2.24) is 29.9 Å². The van der Waals surface area contributed by atoms with E-state index in [4.69, 9.17) is 5.73 Å². The van der Waals surface area contributed by atoms with Crippen molar-refractivity contribution in [2.24, 2.45) is 12.8 Å². The van der Waals surface area contributed by atoms with Gasteiger partial charge in [-0.15, -0.1) is 0 Å². The summed E-state index contributed by atoms with van der Waals surface area (Å²) in [6.45, 7) is 3.01. The Bertz CT molecular complexity index is 1160. The molecule has 3 aromatic heterocycles. The third-order valence-corrected chi connectivity index (χ3v) is 4.82. The van der Waals surface area contributed by atoms with Crippen LogP contribution in [0.4, 0.5) is 19.0 Å². The molecule has 1 amide bonds. The average Bonchev–Trinajstić information content (AvgIpc) is 3.23. The molecule has 0 aliphatic heterocycles. The van der Waals surface area contributed by atoms with Gasteiger partial charge in [-0.05, 0) is 26.0 Å². The zero-order chi connectivity index (χ0) is 23.6. The number of alkyl halides is 3. The van der Waals surface area contributed by atoms with Crippen LogP contribution in [0.5, 0.6) is 0 Å². The molecule has 4 N–H and O–H groups in total. The third-order valence-electron chi connectivity index (χ3n) is 4.82. The van der Waals surface area contributed by atoms with Crippen LogP contribution in [-0.2, 0) is 24.6 Å². The zero-order valence-electron chi connectivity index (χ0n) is 17.9. The molecule has 0 fully saturated rings. The number of aromatic nitrogens is 5. The molecule has 32 heavy (non-hydrogen) atoms. The Morgan fingerprint density at radius 1 is 1.25 bits per heavy atom. The van der Waals surface area contributed by atoms with Crippen LogP contribution in [0.1, 0.15) is 22.6 Å². The zero-order valence-corrected chi connectivity index (χ0v) is 17.9. The topological polar surface area (TPSA) is 116 Å². The van der Waals surface area contributed by atoms with Gasteiger partial charge in [0.2, 0.25) is 5.91 Å². The van der Waals surface area contributed by atoms with Gasteiger partial charge in [0, 0.05) is 55.1 Å². The van der Waals surface area contributed by atoms with Crippen LogP contribution in [0.2, 0.25) is 0 Å². The molecule has 170 valence electrons. The van der Waals surface area contributed by atoms with Crippen LogP contribution in [0, 0.1) is 13.8 Å². The number of hydrogen-bond donors (Lipinski definition) is 3. The Labute approximate surface area is 182 Å². The lowest BCUT2D eigenvalue weighted by molar-refractivity contribution is -0.141. The molecule has 0 saturated heterocycles. The van der Waals surface area contributed by atoms with Gasteiger partial charge in [-0.25, -0.2) is 4.98 Å². The molecule has 0 bridgehead atoms. The summed E-state index contributed by atoms with van der Waals surface area (Å²) >= 11 is 0. The molecule has 0 spiro atoms. The Morgan fingerprint density at radius 2 is 1.97 bits per heavy atom. The number of pyridine rings is 1. The molecular formula is C20H23F3N8O. The molecule has 9 nitrogen and oxygen atoms in total. The van der Waals surface area contributed by atoms with Crippen LogP contribution in [0.25, 0.3) is 16.8 Å². The van der Waals surface area contributed by atoms with Gasteiger partial charge in [0.25, 0.3) is 0 Å². The summed E-state index contributed by atoms with van der Waals surface area (Å²) in [5, 5.41) is 13.4. The third kappa shape index (κ3) is 4.58. The summed E-state index contributed by atoms with van der Waals surface area (Å²) in [7, 11) is 3.14. The first-order valence-corrected chi connectivity index (χ1v) is 9.56. The minimum Gasteiger partial charge on any atom is -0.403 e.